The van der Waals surface area contributed by atoms with E-state index in [1.165, 1.54) is 6.08 Å². The van der Waals surface area contributed by atoms with Crippen LogP contribution in [-0.2, 0) is 4.79 Å². The van der Waals surface area contributed by atoms with Crippen LogP contribution in [0.3, 0.4) is 0 Å². The van der Waals surface area contributed by atoms with Crippen LogP contribution < -0.4 is 10.1 Å². The first kappa shape index (κ1) is 19.2. The van der Waals surface area contributed by atoms with Crippen molar-refractivity contribution in [1.29, 1.82) is 5.26 Å². The van der Waals surface area contributed by atoms with Crippen LogP contribution in [0.1, 0.15) is 16.7 Å². The third-order valence-electron chi connectivity index (χ3n) is 3.67. The quantitative estimate of drug-likeness (QED) is 0.488. The standard InChI is InChI=1S/C19H16Br2N2O2/c1-11-4-5-15(6-12(11)2)23-19(24)14(10-22)7-13-8-16(20)18(25-3)17(21)9-13/h4-9H,1-3H3,(H,23,24)/b14-7+. The zero-order chi connectivity index (χ0) is 18.6. The molecule has 0 aromatic heterocycles. The van der Waals surface area contributed by atoms with E-state index in [-0.39, 0.29) is 5.57 Å². The summed E-state index contributed by atoms with van der Waals surface area (Å²) in [5.74, 6) is 0.198. The number of hydrogen-bond donors (Lipinski definition) is 1. The van der Waals surface area contributed by atoms with E-state index in [4.69, 9.17) is 4.74 Å². The average molecular weight is 464 g/mol. The number of anilines is 1. The molecular formula is C19H16Br2N2O2. The number of carbonyl (C=O) groups is 1. The number of nitrogens with zero attached hydrogens (tertiary/aromatic N) is 1. The third kappa shape index (κ3) is 4.71. The zero-order valence-corrected chi connectivity index (χ0v) is 17.2. The molecular weight excluding hydrogens is 448 g/mol. The van der Waals surface area contributed by atoms with Crippen molar-refractivity contribution in [2.75, 3.05) is 12.4 Å². The maximum absolute atomic E-state index is 12.4. The van der Waals surface area contributed by atoms with E-state index in [0.717, 1.165) is 20.1 Å². The Kier molecular flexibility index (Phi) is 6.40. The molecule has 4 nitrogen and oxygen atoms in total. The Labute approximate surface area is 163 Å². The van der Waals surface area contributed by atoms with Crippen molar-refractivity contribution in [2.45, 2.75) is 13.8 Å². The Balaban J connectivity index is 2.29. The Morgan fingerprint density at radius 1 is 1.16 bits per heavy atom. The molecule has 0 fully saturated rings. The van der Waals surface area contributed by atoms with Crippen molar-refractivity contribution < 1.29 is 9.53 Å². The molecule has 6 heteroatoms. The van der Waals surface area contributed by atoms with Crippen LogP contribution in [0, 0.1) is 25.2 Å². The molecule has 0 unspecified atom stereocenters. The Morgan fingerprint density at radius 2 is 1.80 bits per heavy atom. The maximum atomic E-state index is 12.4. The van der Waals surface area contributed by atoms with Crippen LogP contribution >= 0.6 is 31.9 Å². The van der Waals surface area contributed by atoms with Gasteiger partial charge in [0.15, 0.2) is 0 Å². The van der Waals surface area contributed by atoms with Crippen molar-refractivity contribution in [3.63, 3.8) is 0 Å². The molecule has 2 rings (SSSR count). The molecule has 2 aromatic rings. The topological polar surface area (TPSA) is 62.1 Å². The average Bonchev–Trinajstić information content (AvgIpc) is 2.55. The first-order valence-electron chi connectivity index (χ1n) is 7.39. The summed E-state index contributed by atoms with van der Waals surface area (Å²) < 4.78 is 6.70. The molecule has 0 aliphatic heterocycles. The first-order chi connectivity index (χ1) is 11.8. The van der Waals surface area contributed by atoms with Crippen LogP contribution in [0.15, 0.2) is 44.9 Å². The normalized spacial score (nSPS) is 11.0. The Morgan fingerprint density at radius 3 is 2.32 bits per heavy atom. The van der Waals surface area contributed by atoms with Gasteiger partial charge < -0.3 is 10.1 Å². The number of methoxy groups -OCH3 is 1. The summed E-state index contributed by atoms with van der Waals surface area (Å²) >= 11 is 6.82. The van der Waals surface area contributed by atoms with Gasteiger partial charge in [-0.2, -0.15) is 5.26 Å². The van der Waals surface area contributed by atoms with Gasteiger partial charge in [0.1, 0.15) is 17.4 Å². The van der Waals surface area contributed by atoms with E-state index in [1.807, 2.05) is 38.1 Å². The number of ether oxygens (including phenoxy) is 1. The number of nitriles is 1. The summed E-state index contributed by atoms with van der Waals surface area (Å²) in [7, 11) is 1.57. The van der Waals surface area contributed by atoms with Gasteiger partial charge in [-0.1, -0.05) is 6.07 Å². The van der Waals surface area contributed by atoms with Gasteiger partial charge in [0.25, 0.3) is 5.91 Å². The van der Waals surface area contributed by atoms with E-state index in [1.54, 1.807) is 19.2 Å². The summed E-state index contributed by atoms with van der Waals surface area (Å²) in [6.45, 7) is 3.97. The number of aryl methyl sites for hydroxylation is 2. The highest BCUT2D eigenvalue weighted by Gasteiger charge is 2.12. The number of rotatable bonds is 4. The minimum atomic E-state index is -0.450. The fourth-order valence-electron chi connectivity index (χ4n) is 2.19. The van der Waals surface area contributed by atoms with Crippen molar-refractivity contribution in [3.05, 3.63) is 61.5 Å². The van der Waals surface area contributed by atoms with Gasteiger partial charge in [-0.15, -0.1) is 0 Å². The highest BCUT2D eigenvalue weighted by atomic mass is 79.9. The molecule has 0 saturated carbocycles. The fourth-order valence-corrected chi connectivity index (χ4v) is 3.74. The lowest BCUT2D eigenvalue weighted by molar-refractivity contribution is -0.112. The second kappa shape index (κ2) is 8.32. The highest BCUT2D eigenvalue weighted by molar-refractivity contribution is 9.11. The molecule has 0 spiro atoms. The largest absolute Gasteiger partial charge is 0.494 e. The molecule has 1 amide bonds. The smallest absolute Gasteiger partial charge is 0.266 e. The van der Waals surface area contributed by atoms with E-state index in [0.29, 0.717) is 17.0 Å². The lowest BCUT2D eigenvalue weighted by Crippen LogP contribution is -2.13. The van der Waals surface area contributed by atoms with Crippen LogP contribution in [0.5, 0.6) is 5.75 Å². The molecule has 128 valence electrons. The molecule has 0 saturated heterocycles. The van der Waals surface area contributed by atoms with Crippen molar-refractivity contribution in [1.82, 2.24) is 0 Å². The van der Waals surface area contributed by atoms with Gasteiger partial charge in [-0.25, -0.2) is 0 Å². The maximum Gasteiger partial charge on any atom is 0.266 e. The molecule has 0 atom stereocenters. The van der Waals surface area contributed by atoms with Crippen LogP contribution in [-0.4, -0.2) is 13.0 Å². The number of halogens is 2. The predicted molar refractivity (Wildman–Crippen MR) is 107 cm³/mol. The van der Waals surface area contributed by atoms with Gasteiger partial charge in [-0.3, -0.25) is 4.79 Å². The monoisotopic (exact) mass is 462 g/mol. The second-order valence-corrected chi connectivity index (χ2v) is 7.15. The molecule has 1 N–H and O–H groups in total. The minimum Gasteiger partial charge on any atom is -0.494 e. The number of amides is 1. The molecule has 0 aliphatic carbocycles. The number of carbonyl (C=O) groups excluding carboxylic acids is 1. The van der Waals surface area contributed by atoms with Gasteiger partial charge in [0, 0.05) is 5.69 Å². The highest BCUT2D eigenvalue weighted by Crippen LogP contribution is 2.35. The van der Waals surface area contributed by atoms with E-state index in [9.17, 15) is 10.1 Å². The molecule has 0 aliphatic rings. The lowest BCUT2D eigenvalue weighted by atomic mass is 10.1. The van der Waals surface area contributed by atoms with Gasteiger partial charge >= 0.3 is 0 Å². The third-order valence-corrected chi connectivity index (χ3v) is 4.84. The van der Waals surface area contributed by atoms with Crippen LogP contribution in [0.2, 0.25) is 0 Å². The number of nitrogens with one attached hydrogen (secondary N) is 1. The van der Waals surface area contributed by atoms with Crippen LogP contribution in [0.25, 0.3) is 6.08 Å². The lowest BCUT2D eigenvalue weighted by Gasteiger charge is -2.09. The summed E-state index contributed by atoms with van der Waals surface area (Å²) in [4.78, 5) is 12.4. The van der Waals surface area contributed by atoms with Crippen molar-refractivity contribution in [2.24, 2.45) is 0 Å². The Hall–Kier alpha value is -2.10. The van der Waals surface area contributed by atoms with Crippen molar-refractivity contribution >= 4 is 49.5 Å². The minimum absolute atomic E-state index is 0.0159. The fraction of sp³-hybridized carbons (Fsp3) is 0.158. The van der Waals surface area contributed by atoms with Gasteiger partial charge in [-0.05, 0) is 92.7 Å². The zero-order valence-electron chi connectivity index (χ0n) is 14.0. The number of hydrogen-bond acceptors (Lipinski definition) is 3. The van der Waals surface area contributed by atoms with Gasteiger partial charge in [0.05, 0.1) is 16.1 Å². The molecule has 0 radical (unpaired) electrons. The summed E-state index contributed by atoms with van der Waals surface area (Å²) in [6.07, 6.45) is 1.53. The molecule has 0 bridgehead atoms. The molecule has 0 heterocycles. The van der Waals surface area contributed by atoms with Crippen LogP contribution in [0.4, 0.5) is 5.69 Å². The summed E-state index contributed by atoms with van der Waals surface area (Å²) in [5.41, 5.74) is 3.59. The Bertz CT molecular complexity index is 876. The number of benzene rings is 2. The molecule has 25 heavy (non-hydrogen) atoms. The van der Waals surface area contributed by atoms with E-state index < -0.39 is 5.91 Å². The second-order valence-electron chi connectivity index (χ2n) is 5.44. The summed E-state index contributed by atoms with van der Waals surface area (Å²) in [6, 6.07) is 11.1. The first-order valence-corrected chi connectivity index (χ1v) is 8.97. The van der Waals surface area contributed by atoms with Gasteiger partial charge in [0.2, 0.25) is 0 Å². The van der Waals surface area contributed by atoms with Crippen molar-refractivity contribution in [3.8, 4) is 11.8 Å². The summed E-state index contributed by atoms with van der Waals surface area (Å²) in [5, 5.41) is 12.1. The molecule has 2 aromatic carbocycles. The SMILES string of the molecule is COc1c(Br)cc(/C=C(\C#N)C(=O)Nc2ccc(C)c(C)c2)cc1Br. The van der Waals surface area contributed by atoms with E-state index in [2.05, 4.69) is 37.2 Å². The van der Waals surface area contributed by atoms with E-state index >= 15 is 0 Å². The predicted octanol–water partition coefficient (Wildman–Crippen LogP) is 5.38.